The number of benzene rings is 1. The predicted molar refractivity (Wildman–Crippen MR) is 122 cm³/mol. The minimum atomic E-state index is -2.98. The summed E-state index contributed by atoms with van der Waals surface area (Å²) in [5, 5.41) is 4.60. The quantitative estimate of drug-likeness (QED) is 0.724. The van der Waals surface area contributed by atoms with E-state index in [1.54, 1.807) is 0 Å². The summed E-state index contributed by atoms with van der Waals surface area (Å²) in [4.78, 5) is 17.3. The number of piperazine rings is 1. The minimum Gasteiger partial charge on any atom is -0.368 e. The lowest BCUT2D eigenvalue weighted by Crippen LogP contribution is -2.49. The minimum absolute atomic E-state index is 0.116. The van der Waals surface area contributed by atoms with Gasteiger partial charge >= 0.3 is 0 Å². The third-order valence-corrected chi connectivity index (χ3v) is 8.45. The summed E-state index contributed by atoms with van der Waals surface area (Å²) in [6, 6.07) is 6.39. The van der Waals surface area contributed by atoms with Crippen LogP contribution in [0, 0.1) is 27.7 Å². The topological polar surface area (TPSA) is 75.5 Å². The van der Waals surface area contributed by atoms with Crippen LogP contribution >= 0.6 is 0 Å². The van der Waals surface area contributed by atoms with Gasteiger partial charge in [-0.1, -0.05) is 12.1 Å². The molecule has 4 rings (SSSR count). The Bertz CT molecular complexity index is 1100. The zero-order valence-corrected chi connectivity index (χ0v) is 19.7. The molecule has 7 nitrogen and oxygen atoms in total. The highest BCUT2D eigenvalue weighted by molar-refractivity contribution is 7.91. The van der Waals surface area contributed by atoms with Gasteiger partial charge in [0, 0.05) is 43.1 Å². The molecule has 168 valence electrons. The number of sulfone groups is 1. The summed E-state index contributed by atoms with van der Waals surface area (Å²) >= 11 is 0. The van der Waals surface area contributed by atoms with Crippen LogP contribution in [-0.4, -0.2) is 66.7 Å². The van der Waals surface area contributed by atoms with Crippen LogP contribution in [0.3, 0.4) is 0 Å². The van der Waals surface area contributed by atoms with Crippen LogP contribution in [0.15, 0.2) is 18.2 Å². The van der Waals surface area contributed by atoms with Crippen LogP contribution in [-0.2, 0) is 21.1 Å². The molecule has 31 heavy (non-hydrogen) atoms. The van der Waals surface area contributed by atoms with E-state index in [4.69, 9.17) is 0 Å². The largest absolute Gasteiger partial charge is 0.368 e. The van der Waals surface area contributed by atoms with E-state index < -0.39 is 9.84 Å². The van der Waals surface area contributed by atoms with Crippen molar-refractivity contribution in [3.63, 3.8) is 0 Å². The van der Waals surface area contributed by atoms with Crippen molar-refractivity contribution in [2.45, 2.75) is 46.6 Å². The number of carbonyl (C=O) groups is 1. The van der Waals surface area contributed by atoms with E-state index in [9.17, 15) is 13.2 Å². The average Bonchev–Trinajstić information content (AvgIpc) is 3.23. The van der Waals surface area contributed by atoms with Gasteiger partial charge in [-0.2, -0.15) is 5.10 Å². The van der Waals surface area contributed by atoms with Gasteiger partial charge in [-0.3, -0.25) is 9.48 Å². The Balaban J connectivity index is 1.41. The SMILES string of the molecule is Cc1ccc(C)c(N2CCN(C(=O)Cc3c(C)nn(C4CCS(=O)(=O)C4)c3C)CC2)c1. The molecule has 0 radical (unpaired) electrons. The second-order valence-electron chi connectivity index (χ2n) is 8.99. The molecule has 2 aromatic rings. The molecule has 1 atom stereocenters. The van der Waals surface area contributed by atoms with E-state index in [0.29, 0.717) is 25.9 Å². The van der Waals surface area contributed by atoms with Crippen LogP contribution in [0.5, 0.6) is 0 Å². The van der Waals surface area contributed by atoms with Crippen molar-refractivity contribution >= 4 is 21.4 Å². The van der Waals surface area contributed by atoms with Gasteiger partial charge in [-0.15, -0.1) is 0 Å². The second-order valence-corrected chi connectivity index (χ2v) is 11.2. The third-order valence-electron chi connectivity index (χ3n) is 6.69. The standard InChI is InChI=1S/C23H32N4O3S/c1-16-5-6-17(2)22(13-16)25-8-10-26(11-9-25)23(28)14-21-18(3)24-27(19(21)4)20-7-12-31(29,30)15-20/h5-6,13,20H,7-12,14-15H2,1-4H3. The Morgan fingerprint density at radius 2 is 1.81 bits per heavy atom. The fourth-order valence-electron chi connectivity index (χ4n) is 4.80. The molecule has 3 heterocycles. The average molecular weight is 445 g/mol. The highest BCUT2D eigenvalue weighted by Crippen LogP contribution is 2.27. The van der Waals surface area contributed by atoms with Crippen molar-refractivity contribution in [1.82, 2.24) is 14.7 Å². The normalized spacial score (nSPS) is 21.0. The summed E-state index contributed by atoms with van der Waals surface area (Å²) in [5.74, 6) is 0.475. The predicted octanol–water partition coefficient (Wildman–Crippen LogP) is 2.37. The first-order chi connectivity index (χ1) is 14.6. The molecule has 0 aliphatic carbocycles. The van der Waals surface area contributed by atoms with Crippen molar-refractivity contribution in [2.75, 3.05) is 42.6 Å². The van der Waals surface area contributed by atoms with Crippen LogP contribution in [0.1, 0.15) is 40.5 Å². The number of hydrogen-bond acceptors (Lipinski definition) is 5. The first-order valence-corrected chi connectivity index (χ1v) is 12.8. The van der Waals surface area contributed by atoms with Crippen molar-refractivity contribution in [2.24, 2.45) is 0 Å². The lowest BCUT2D eigenvalue weighted by Gasteiger charge is -2.37. The number of aryl methyl sites for hydroxylation is 3. The maximum absolute atomic E-state index is 13.0. The monoisotopic (exact) mass is 444 g/mol. The summed E-state index contributed by atoms with van der Waals surface area (Å²) in [6.45, 7) is 11.2. The highest BCUT2D eigenvalue weighted by Gasteiger charge is 2.32. The van der Waals surface area contributed by atoms with E-state index in [-0.39, 0.29) is 23.5 Å². The Morgan fingerprint density at radius 1 is 1.10 bits per heavy atom. The fraction of sp³-hybridized carbons (Fsp3) is 0.565. The van der Waals surface area contributed by atoms with Gasteiger partial charge in [-0.05, 0) is 51.3 Å². The molecule has 1 aromatic heterocycles. The molecule has 1 unspecified atom stereocenters. The van der Waals surface area contributed by atoms with Crippen LogP contribution < -0.4 is 4.90 Å². The van der Waals surface area contributed by atoms with Gasteiger partial charge in [0.05, 0.1) is 29.7 Å². The summed E-state index contributed by atoms with van der Waals surface area (Å²) in [7, 11) is -2.98. The van der Waals surface area contributed by atoms with Gasteiger partial charge in [0.2, 0.25) is 5.91 Å². The smallest absolute Gasteiger partial charge is 0.227 e. The number of nitrogens with zero attached hydrogens (tertiary/aromatic N) is 4. The molecule has 8 heteroatoms. The molecule has 2 saturated heterocycles. The van der Waals surface area contributed by atoms with Gasteiger partial charge in [0.15, 0.2) is 9.84 Å². The molecule has 0 spiro atoms. The summed E-state index contributed by atoms with van der Waals surface area (Å²) in [5.41, 5.74) is 6.44. The van der Waals surface area contributed by atoms with Crippen LogP contribution in [0.2, 0.25) is 0 Å². The Morgan fingerprint density at radius 3 is 2.45 bits per heavy atom. The molecule has 0 bridgehead atoms. The van der Waals surface area contributed by atoms with Crippen molar-refractivity contribution in [3.05, 3.63) is 46.3 Å². The molecular formula is C23H32N4O3S. The van der Waals surface area contributed by atoms with E-state index in [1.807, 2.05) is 23.4 Å². The molecule has 0 saturated carbocycles. The number of amides is 1. The molecule has 1 amide bonds. The maximum Gasteiger partial charge on any atom is 0.227 e. The van der Waals surface area contributed by atoms with Crippen molar-refractivity contribution in [1.29, 1.82) is 0 Å². The third kappa shape index (κ3) is 4.49. The first kappa shape index (κ1) is 21.9. The van der Waals surface area contributed by atoms with E-state index >= 15 is 0 Å². The number of hydrogen-bond donors (Lipinski definition) is 0. The molecule has 0 N–H and O–H groups in total. The number of carbonyl (C=O) groups excluding carboxylic acids is 1. The lowest BCUT2D eigenvalue weighted by molar-refractivity contribution is -0.130. The zero-order chi connectivity index (χ0) is 22.3. The Kier molecular flexibility index (Phi) is 5.85. The van der Waals surface area contributed by atoms with Crippen molar-refractivity contribution < 1.29 is 13.2 Å². The first-order valence-electron chi connectivity index (χ1n) is 11.0. The van der Waals surface area contributed by atoms with Crippen LogP contribution in [0.25, 0.3) is 0 Å². The fourth-order valence-corrected chi connectivity index (χ4v) is 6.49. The van der Waals surface area contributed by atoms with Gasteiger partial charge in [0.1, 0.15) is 0 Å². The second kappa shape index (κ2) is 8.30. The lowest BCUT2D eigenvalue weighted by atomic mass is 10.1. The summed E-state index contributed by atoms with van der Waals surface area (Å²) in [6.07, 6.45) is 0.915. The number of rotatable bonds is 4. The van der Waals surface area contributed by atoms with Gasteiger partial charge < -0.3 is 9.80 Å². The van der Waals surface area contributed by atoms with E-state index in [2.05, 4.69) is 42.0 Å². The van der Waals surface area contributed by atoms with Crippen LogP contribution in [0.4, 0.5) is 5.69 Å². The van der Waals surface area contributed by atoms with Gasteiger partial charge in [-0.25, -0.2) is 8.42 Å². The highest BCUT2D eigenvalue weighted by atomic mass is 32.2. The maximum atomic E-state index is 13.0. The number of anilines is 1. The zero-order valence-electron chi connectivity index (χ0n) is 18.9. The van der Waals surface area contributed by atoms with E-state index in [1.165, 1.54) is 16.8 Å². The molecule has 2 aliphatic rings. The Labute approximate surface area is 184 Å². The molecule has 2 aliphatic heterocycles. The number of aromatic nitrogens is 2. The molecule has 2 fully saturated rings. The molecular weight excluding hydrogens is 412 g/mol. The van der Waals surface area contributed by atoms with E-state index in [0.717, 1.165) is 30.0 Å². The van der Waals surface area contributed by atoms with Gasteiger partial charge in [0.25, 0.3) is 0 Å². The van der Waals surface area contributed by atoms with Crippen molar-refractivity contribution in [3.8, 4) is 0 Å². The molecule has 1 aromatic carbocycles. The Hall–Kier alpha value is -2.35. The summed E-state index contributed by atoms with van der Waals surface area (Å²) < 4.78 is 25.6.